The first-order valence-electron chi connectivity index (χ1n) is 5.61. The van der Waals surface area contributed by atoms with Crippen molar-refractivity contribution >= 4 is 17.3 Å². The lowest BCUT2D eigenvalue weighted by Crippen LogP contribution is -2.13. The Kier molecular flexibility index (Phi) is 4.49. The van der Waals surface area contributed by atoms with Gasteiger partial charge in [0.1, 0.15) is 0 Å². The van der Waals surface area contributed by atoms with Gasteiger partial charge in [-0.25, -0.2) is 4.98 Å². The zero-order chi connectivity index (χ0) is 12.8. The molecule has 1 unspecified atom stereocenters. The highest BCUT2D eigenvalue weighted by molar-refractivity contribution is 7.10. The van der Waals surface area contributed by atoms with Crippen molar-refractivity contribution in [2.45, 2.75) is 12.5 Å². The molecule has 2 aromatic heterocycles. The molecule has 0 aromatic carbocycles. The highest BCUT2D eigenvalue weighted by Gasteiger charge is 2.13. The van der Waals surface area contributed by atoms with Gasteiger partial charge in [-0.15, -0.1) is 11.3 Å². The lowest BCUT2D eigenvalue weighted by atomic mass is 10.2. The number of methoxy groups -OCH3 is 1. The third-order valence-corrected chi connectivity index (χ3v) is 3.43. The minimum Gasteiger partial charge on any atom is -0.481 e. The first kappa shape index (κ1) is 12.8. The fourth-order valence-electron chi connectivity index (χ4n) is 1.59. The number of aromatic nitrogens is 2. The van der Waals surface area contributed by atoms with Gasteiger partial charge in [-0.3, -0.25) is 0 Å². The Morgan fingerprint density at radius 3 is 3.06 bits per heavy atom. The van der Waals surface area contributed by atoms with Crippen LogP contribution >= 0.6 is 11.3 Å². The molecule has 96 valence electrons. The Bertz CT molecular complexity index is 476. The van der Waals surface area contributed by atoms with Gasteiger partial charge >= 0.3 is 0 Å². The summed E-state index contributed by atoms with van der Waals surface area (Å²) >= 11 is 1.64. The van der Waals surface area contributed by atoms with Crippen molar-refractivity contribution in [1.82, 2.24) is 9.97 Å². The van der Waals surface area contributed by atoms with E-state index in [1.165, 1.54) is 0 Å². The van der Waals surface area contributed by atoms with Gasteiger partial charge in [-0.05, 0) is 17.9 Å². The third-order valence-electron chi connectivity index (χ3n) is 2.45. The van der Waals surface area contributed by atoms with Gasteiger partial charge in [-0.2, -0.15) is 4.98 Å². The van der Waals surface area contributed by atoms with E-state index >= 15 is 0 Å². The molecular formula is C12H15N3O2S. The maximum Gasteiger partial charge on any atom is 0.226 e. The van der Waals surface area contributed by atoms with Crippen LogP contribution in [0, 0.1) is 0 Å². The van der Waals surface area contributed by atoms with Crippen LogP contribution in [0.1, 0.15) is 17.3 Å². The predicted octanol–water partition coefficient (Wildman–Crippen LogP) is 2.08. The molecule has 0 fully saturated rings. The van der Waals surface area contributed by atoms with Crippen LogP contribution in [0.3, 0.4) is 0 Å². The van der Waals surface area contributed by atoms with Gasteiger partial charge in [0.05, 0.1) is 13.2 Å². The Hall–Kier alpha value is -1.66. The number of hydrogen-bond acceptors (Lipinski definition) is 6. The van der Waals surface area contributed by atoms with E-state index in [4.69, 9.17) is 9.84 Å². The number of ether oxygens (including phenoxy) is 1. The molecule has 0 saturated heterocycles. The molecule has 0 spiro atoms. The second-order valence-electron chi connectivity index (χ2n) is 3.65. The van der Waals surface area contributed by atoms with Crippen molar-refractivity contribution in [3.63, 3.8) is 0 Å². The second-order valence-corrected chi connectivity index (χ2v) is 4.63. The summed E-state index contributed by atoms with van der Waals surface area (Å²) in [5.74, 6) is 1.02. The summed E-state index contributed by atoms with van der Waals surface area (Å²) in [5.41, 5.74) is 0. The maximum atomic E-state index is 9.11. The Labute approximate surface area is 109 Å². The van der Waals surface area contributed by atoms with E-state index < -0.39 is 0 Å². The minimum atomic E-state index is 0.0158. The van der Waals surface area contributed by atoms with Crippen LogP contribution < -0.4 is 10.1 Å². The summed E-state index contributed by atoms with van der Waals surface area (Å²) < 4.78 is 5.05. The molecule has 0 aliphatic carbocycles. The van der Waals surface area contributed by atoms with E-state index in [0.717, 1.165) is 4.88 Å². The molecule has 0 saturated carbocycles. The molecule has 2 N–H and O–H groups in total. The van der Waals surface area contributed by atoms with E-state index in [0.29, 0.717) is 18.2 Å². The van der Waals surface area contributed by atoms with Crippen LogP contribution in [-0.2, 0) is 0 Å². The van der Waals surface area contributed by atoms with Crippen molar-refractivity contribution in [3.05, 3.63) is 34.7 Å². The summed E-state index contributed by atoms with van der Waals surface area (Å²) in [5, 5.41) is 14.3. The zero-order valence-corrected chi connectivity index (χ0v) is 10.9. The summed E-state index contributed by atoms with van der Waals surface area (Å²) in [7, 11) is 1.57. The number of anilines is 1. The first-order chi connectivity index (χ1) is 8.83. The Morgan fingerprint density at radius 1 is 1.50 bits per heavy atom. The summed E-state index contributed by atoms with van der Waals surface area (Å²) in [6.45, 7) is 0.111. The van der Waals surface area contributed by atoms with Crippen LogP contribution in [-0.4, -0.2) is 28.8 Å². The number of aliphatic hydroxyl groups is 1. The molecule has 2 rings (SSSR count). The van der Waals surface area contributed by atoms with Crippen molar-refractivity contribution in [2.24, 2.45) is 0 Å². The van der Waals surface area contributed by atoms with Gasteiger partial charge in [0.25, 0.3) is 0 Å². The van der Waals surface area contributed by atoms with Gasteiger partial charge in [-0.1, -0.05) is 6.07 Å². The summed E-state index contributed by atoms with van der Waals surface area (Å²) in [6.07, 6.45) is 2.25. The lowest BCUT2D eigenvalue weighted by Gasteiger charge is -2.16. The molecule has 2 heterocycles. The standard InChI is InChI=1S/C12H15N3O2S/c1-17-11-4-6-13-12(15-11)14-9(5-7-16)10-3-2-8-18-10/h2-4,6,8-9,16H,5,7H2,1H3,(H,13,14,15). The topological polar surface area (TPSA) is 67.3 Å². The number of rotatable bonds is 6. The normalized spacial score (nSPS) is 12.1. The van der Waals surface area contributed by atoms with E-state index in [1.54, 1.807) is 30.7 Å². The molecule has 5 nitrogen and oxygen atoms in total. The minimum absolute atomic E-state index is 0.0158. The average Bonchev–Trinajstić information content (AvgIpc) is 2.92. The molecule has 0 aliphatic heterocycles. The molecule has 0 bridgehead atoms. The number of nitrogens with one attached hydrogen (secondary N) is 1. The predicted molar refractivity (Wildman–Crippen MR) is 71.0 cm³/mol. The molecular weight excluding hydrogens is 250 g/mol. The van der Waals surface area contributed by atoms with E-state index in [-0.39, 0.29) is 12.6 Å². The monoisotopic (exact) mass is 265 g/mol. The highest BCUT2D eigenvalue weighted by atomic mass is 32.1. The molecule has 18 heavy (non-hydrogen) atoms. The molecule has 0 radical (unpaired) electrons. The molecule has 6 heteroatoms. The highest BCUT2D eigenvalue weighted by Crippen LogP contribution is 2.25. The second kappa shape index (κ2) is 6.32. The molecule has 2 aromatic rings. The van der Waals surface area contributed by atoms with Crippen LogP contribution in [0.5, 0.6) is 5.88 Å². The first-order valence-corrected chi connectivity index (χ1v) is 6.49. The Balaban J connectivity index is 2.13. The number of hydrogen-bond donors (Lipinski definition) is 2. The average molecular weight is 265 g/mol. The van der Waals surface area contributed by atoms with E-state index in [9.17, 15) is 0 Å². The molecule has 0 aliphatic rings. The van der Waals surface area contributed by atoms with Gasteiger partial charge < -0.3 is 15.2 Å². The van der Waals surface area contributed by atoms with Crippen molar-refractivity contribution in [3.8, 4) is 5.88 Å². The Morgan fingerprint density at radius 2 is 2.39 bits per heavy atom. The van der Waals surface area contributed by atoms with Crippen molar-refractivity contribution < 1.29 is 9.84 Å². The van der Waals surface area contributed by atoms with E-state index in [1.807, 2.05) is 17.5 Å². The SMILES string of the molecule is COc1ccnc(NC(CCO)c2cccs2)n1. The largest absolute Gasteiger partial charge is 0.481 e. The summed E-state index contributed by atoms with van der Waals surface area (Å²) in [6, 6.07) is 5.72. The number of thiophene rings is 1. The fraction of sp³-hybridized carbons (Fsp3) is 0.333. The summed E-state index contributed by atoms with van der Waals surface area (Å²) in [4.78, 5) is 9.49. The van der Waals surface area contributed by atoms with Crippen LogP contribution in [0.4, 0.5) is 5.95 Å². The number of nitrogens with zero attached hydrogens (tertiary/aromatic N) is 2. The van der Waals surface area contributed by atoms with Gasteiger partial charge in [0.15, 0.2) is 0 Å². The third kappa shape index (κ3) is 3.18. The van der Waals surface area contributed by atoms with Crippen molar-refractivity contribution in [1.29, 1.82) is 0 Å². The van der Waals surface area contributed by atoms with Crippen LogP contribution in [0.25, 0.3) is 0 Å². The fourth-order valence-corrected chi connectivity index (χ4v) is 2.40. The van der Waals surface area contributed by atoms with E-state index in [2.05, 4.69) is 15.3 Å². The van der Waals surface area contributed by atoms with Crippen LogP contribution in [0.15, 0.2) is 29.8 Å². The maximum absolute atomic E-state index is 9.11. The van der Waals surface area contributed by atoms with Crippen LogP contribution in [0.2, 0.25) is 0 Å². The van der Waals surface area contributed by atoms with Gasteiger partial charge in [0.2, 0.25) is 11.8 Å². The molecule has 0 amide bonds. The van der Waals surface area contributed by atoms with Gasteiger partial charge in [0, 0.05) is 23.7 Å². The zero-order valence-electron chi connectivity index (χ0n) is 10.0. The van der Waals surface area contributed by atoms with Crippen molar-refractivity contribution in [2.75, 3.05) is 19.0 Å². The quantitative estimate of drug-likeness (QED) is 0.837. The lowest BCUT2D eigenvalue weighted by molar-refractivity contribution is 0.280. The smallest absolute Gasteiger partial charge is 0.226 e. The number of aliphatic hydroxyl groups excluding tert-OH is 1. The molecule has 1 atom stereocenters.